The highest BCUT2D eigenvalue weighted by Gasteiger charge is 2.48. The summed E-state index contributed by atoms with van der Waals surface area (Å²) in [6.07, 6.45) is 5.19. The zero-order chi connectivity index (χ0) is 26.0. The van der Waals surface area contributed by atoms with Gasteiger partial charge in [0.05, 0.1) is 16.9 Å². The average Bonchev–Trinajstić information content (AvgIpc) is 2.83. The Bertz CT molecular complexity index is 1240. The Balaban J connectivity index is 1.60. The molecule has 2 aliphatic heterocycles. The molecule has 2 amide bonds. The summed E-state index contributed by atoms with van der Waals surface area (Å²) < 4.78 is 27.7. The van der Waals surface area contributed by atoms with Gasteiger partial charge in [-0.1, -0.05) is 37.6 Å². The second-order valence-electron chi connectivity index (χ2n) is 10.1. The molecule has 3 N–H and O–H groups in total. The van der Waals surface area contributed by atoms with Gasteiger partial charge in [0, 0.05) is 42.7 Å². The molecular weight excluding hydrogens is 478 g/mol. The van der Waals surface area contributed by atoms with Crippen LogP contribution >= 0.6 is 0 Å². The normalized spacial score (nSPS) is 23.7. The lowest BCUT2D eigenvalue weighted by Gasteiger charge is -2.51. The van der Waals surface area contributed by atoms with Crippen LogP contribution in [-0.4, -0.2) is 54.2 Å². The van der Waals surface area contributed by atoms with Crippen LogP contribution in [0.15, 0.2) is 66.0 Å². The molecule has 1 aromatic heterocycles. The summed E-state index contributed by atoms with van der Waals surface area (Å²) in [6.45, 7) is 7.46. The fraction of sp³-hybridized carbons (Fsp3) is 0.423. The predicted octanol–water partition coefficient (Wildman–Crippen LogP) is 1.86. The van der Waals surface area contributed by atoms with E-state index in [9.17, 15) is 18.0 Å². The van der Waals surface area contributed by atoms with Crippen LogP contribution in [0.1, 0.15) is 37.9 Å². The largest absolute Gasteiger partial charge is 0.350 e. The molecule has 2 atom stereocenters. The van der Waals surface area contributed by atoms with Crippen LogP contribution in [0.3, 0.4) is 0 Å². The predicted molar refractivity (Wildman–Crippen MR) is 136 cm³/mol. The number of benzene rings is 1. The zero-order valence-electron chi connectivity index (χ0n) is 20.8. The van der Waals surface area contributed by atoms with Crippen LogP contribution in [0.25, 0.3) is 0 Å². The highest BCUT2D eigenvalue weighted by molar-refractivity contribution is 7.89. The molecule has 0 bridgehead atoms. The van der Waals surface area contributed by atoms with Crippen molar-refractivity contribution in [2.24, 2.45) is 5.41 Å². The van der Waals surface area contributed by atoms with E-state index in [1.807, 2.05) is 25.1 Å². The van der Waals surface area contributed by atoms with E-state index in [0.717, 1.165) is 22.1 Å². The summed E-state index contributed by atoms with van der Waals surface area (Å²) in [4.78, 5) is 30.8. The Morgan fingerprint density at radius 3 is 2.61 bits per heavy atom. The van der Waals surface area contributed by atoms with E-state index in [-0.39, 0.29) is 22.6 Å². The Labute approximate surface area is 212 Å². The number of piperidine rings is 1. The molecule has 2 aromatic rings. The third-order valence-corrected chi connectivity index (χ3v) is 9.01. The van der Waals surface area contributed by atoms with E-state index in [2.05, 4.69) is 34.8 Å². The maximum Gasteiger partial charge on any atom is 0.264 e. The number of pyridine rings is 1. The second-order valence-corrected chi connectivity index (χ2v) is 12.0. The van der Waals surface area contributed by atoms with Gasteiger partial charge in [-0.15, -0.1) is 0 Å². The number of aromatic nitrogens is 1. The quantitative estimate of drug-likeness (QED) is 0.522. The minimum Gasteiger partial charge on any atom is -0.350 e. The number of nitrogens with zero attached hydrogens (tertiary/aromatic N) is 2. The topological polar surface area (TPSA) is 121 Å². The van der Waals surface area contributed by atoms with E-state index in [4.69, 9.17) is 0 Å². The fourth-order valence-corrected chi connectivity index (χ4v) is 6.34. The fourth-order valence-electron chi connectivity index (χ4n) is 4.89. The van der Waals surface area contributed by atoms with E-state index >= 15 is 0 Å². The smallest absolute Gasteiger partial charge is 0.264 e. The van der Waals surface area contributed by atoms with Gasteiger partial charge in [-0.25, -0.2) is 8.42 Å². The molecule has 2 aliphatic rings. The molecule has 0 spiro atoms. The van der Waals surface area contributed by atoms with Crippen molar-refractivity contribution >= 4 is 21.8 Å². The molecule has 3 heterocycles. The number of hydrogen-bond acceptors (Lipinski definition) is 6. The van der Waals surface area contributed by atoms with Crippen molar-refractivity contribution in [2.45, 2.75) is 56.5 Å². The van der Waals surface area contributed by atoms with E-state index < -0.39 is 27.5 Å². The monoisotopic (exact) mass is 511 g/mol. The van der Waals surface area contributed by atoms with Crippen molar-refractivity contribution in [1.29, 1.82) is 0 Å². The standard InChI is InChI=1S/C26H33N5O4S/c1-19-7-9-21(10-8-19)36(34,35)31-15-14-29-24(33)22(31)16-23(32)30-26(11-13-27-18-25(26,2)3)17-20-6-4-5-12-28-20/h4-10,12,14-15,22,27H,11,13,16-18H2,1-3H3,(H,29,33)(H,30,32)/t22-,26+/m1/s1. The molecule has 1 saturated heterocycles. The van der Waals surface area contributed by atoms with Crippen LogP contribution in [0.4, 0.5) is 0 Å². The van der Waals surface area contributed by atoms with Gasteiger partial charge >= 0.3 is 0 Å². The highest BCUT2D eigenvalue weighted by Crippen LogP contribution is 2.38. The molecule has 0 unspecified atom stereocenters. The summed E-state index contributed by atoms with van der Waals surface area (Å²) in [5, 5.41) is 9.15. The SMILES string of the molecule is Cc1ccc(S(=O)(=O)N2C=CNC(=O)[C@H]2CC(=O)N[C@]2(Cc3ccccn3)CCNCC2(C)C)cc1. The maximum absolute atomic E-state index is 13.5. The minimum absolute atomic E-state index is 0.0592. The number of nitrogens with one attached hydrogen (secondary N) is 3. The molecule has 1 aromatic carbocycles. The molecular formula is C26H33N5O4S. The number of amides is 2. The number of rotatable bonds is 7. The molecule has 1 fully saturated rings. The van der Waals surface area contributed by atoms with Gasteiger partial charge < -0.3 is 16.0 Å². The van der Waals surface area contributed by atoms with Crippen LogP contribution in [-0.2, 0) is 26.0 Å². The average molecular weight is 512 g/mol. The molecule has 4 rings (SSSR count). The summed E-state index contributed by atoms with van der Waals surface area (Å²) in [5.74, 6) is -0.938. The van der Waals surface area contributed by atoms with E-state index in [0.29, 0.717) is 19.4 Å². The van der Waals surface area contributed by atoms with Gasteiger partial charge in [0.15, 0.2) is 0 Å². The van der Waals surface area contributed by atoms with E-state index in [1.54, 1.807) is 18.3 Å². The molecule has 192 valence electrons. The zero-order valence-corrected chi connectivity index (χ0v) is 21.6. The van der Waals surface area contributed by atoms with Crippen molar-refractivity contribution in [3.8, 4) is 0 Å². The first-order valence-corrected chi connectivity index (χ1v) is 13.5. The lowest BCUT2D eigenvalue weighted by Crippen LogP contribution is -2.66. The van der Waals surface area contributed by atoms with Crippen molar-refractivity contribution in [3.63, 3.8) is 0 Å². The maximum atomic E-state index is 13.5. The summed E-state index contributed by atoms with van der Waals surface area (Å²) in [7, 11) is -4.04. The van der Waals surface area contributed by atoms with Gasteiger partial charge in [0.2, 0.25) is 11.8 Å². The highest BCUT2D eigenvalue weighted by atomic mass is 32.2. The molecule has 0 saturated carbocycles. The van der Waals surface area contributed by atoms with Crippen LogP contribution in [0.2, 0.25) is 0 Å². The Kier molecular flexibility index (Phi) is 7.19. The molecule has 9 nitrogen and oxygen atoms in total. The van der Waals surface area contributed by atoms with E-state index in [1.165, 1.54) is 24.5 Å². The molecule has 0 radical (unpaired) electrons. The minimum atomic E-state index is -4.04. The first-order chi connectivity index (χ1) is 17.0. The lowest BCUT2D eigenvalue weighted by molar-refractivity contribution is -0.131. The number of carbonyl (C=O) groups is 2. The van der Waals surface area contributed by atoms with Crippen molar-refractivity contribution in [1.82, 2.24) is 25.2 Å². The van der Waals surface area contributed by atoms with Crippen molar-refractivity contribution in [3.05, 3.63) is 72.3 Å². The van der Waals surface area contributed by atoms with Gasteiger partial charge in [-0.05, 0) is 44.2 Å². The van der Waals surface area contributed by atoms with Gasteiger partial charge in [-0.3, -0.25) is 18.9 Å². The van der Waals surface area contributed by atoms with Crippen LogP contribution in [0.5, 0.6) is 0 Å². The van der Waals surface area contributed by atoms with Gasteiger partial charge in [-0.2, -0.15) is 0 Å². The second kappa shape index (κ2) is 10.0. The Hall–Kier alpha value is -3.24. The number of aryl methyl sites for hydroxylation is 1. The van der Waals surface area contributed by atoms with Crippen molar-refractivity contribution < 1.29 is 18.0 Å². The summed E-state index contributed by atoms with van der Waals surface area (Å²) in [5.41, 5.74) is 0.834. The van der Waals surface area contributed by atoms with Gasteiger partial charge in [0.1, 0.15) is 6.04 Å². The number of sulfonamides is 1. The number of hydrogen-bond donors (Lipinski definition) is 3. The molecule has 0 aliphatic carbocycles. The first-order valence-electron chi connectivity index (χ1n) is 12.0. The van der Waals surface area contributed by atoms with Crippen LogP contribution < -0.4 is 16.0 Å². The van der Waals surface area contributed by atoms with Crippen LogP contribution in [0, 0.1) is 12.3 Å². The third-order valence-electron chi connectivity index (χ3n) is 7.21. The lowest BCUT2D eigenvalue weighted by atomic mass is 9.65. The summed E-state index contributed by atoms with van der Waals surface area (Å²) >= 11 is 0. The first kappa shape index (κ1) is 25.8. The number of carbonyl (C=O) groups excluding carboxylic acids is 2. The van der Waals surface area contributed by atoms with Crippen molar-refractivity contribution in [2.75, 3.05) is 13.1 Å². The Morgan fingerprint density at radius 1 is 1.19 bits per heavy atom. The molecule has 36 heavy (non-hydrogen) atoms. The summed E-state index contributed by atoms with van der Waals surface area (Å²) in [6, 6.07) is 10.9. The Morgan fingerprint density at radius 2 is 1.94 bits per heavy atom. The third kappa shape index (κ3) is 5.15. The molecule has 10 heteroatoms. The van der Waals surface area contributed by atoms with Gasteiger partial charge in [0.25, 0.3) is 10.0 Å².